The van der Waals surface area contributed by atoms with E-state index in [0.717, 1.165) is 11.1 Å². The summed E-state index contributed by atoms with van der Waals surface area (Å²) in [5.74, 6) is -0.698. The summed E-state index contributed by atoms with van der Waals surface area (Å²) < 4.78 is 0. The summed E-state index contributed by atoms with van der Waals surface area (Å²) in [6.07, 6.45) is 0. The SMILES string of the molecule is CC(=O)N(CC(=O)Nc1cc(Cl)ccc1Cl)c1c(C)cc(C)cc1Cl. The first-order valence-corrected chi connectivity index (χ1v) is 8.62. The minimum absolute atomic E-state index is 0.193. The maximum absolute atomic E-state index is 12.4. The molecule has 2 rings (SSSR count). The quantitative estimate of drug-likeness (QED) is 0.763. The molecule has 0 spiro atoms. The van der Waals surface area contributed by atoms with Gasteiger partial charge in [-0.2, -0.15) is 0 Å². The van der Waals surface area contributed by atoms with Crippen LogP contribution in [-0.4, -0.2) is 18.4 Å². The molecule has 0 bridgehead atoms. The normalized spacial score (nSPS) is 10.5. The van der Waals surface area contributed by atoms with Gasteiger partial charge in [-0.25, -0.2) is 0 Å². The zero-order valence-electron chi connectivity index (χ0n) is 14.0. The highest BCUT2D eigenvalue weighted by Crippen LogP contribution is 2.31. The third-order valence-corrected chi connectivity index (χ3v) is 4.41. The summed E-state index contributed by atoms with van der Waals surface area (Å²) in [6.45, 7) is 4.95. The number of nitrogens with one attached hydrogen (secondary N) is 1. The molecule has 0 fully saturated rings. The Labute approximate surface area is 161 Å². The summed E-state index contributed by atoms with van der Waals surface area (Å²) in [7, 11) is 0. The fourth-order valence-corrected chi connectivity index (χ4v) is 3.28. The maximum Gasteiger partial charge on any atom is 0.244 e. The minimum atomic E-state index is -0.407. The van der Waals surface area contributed by atoms with E-state index in [2.05, 4.69) is 5.32 Å². The van der Waals surface area contributed by atoms with Crippen LogP contribution in [-0.2, 0) is 9.59 Å². The van der Waals surface area contributed by atoms with Crippen molar-refractivity contribution < 1.29 is 9.59 Å². The highest BCUT2D eigenvalue weighted by molar-refractivity contribution is 6.36. The third-order valence-electron chi connectivity index (χ3n) is 3.55. The second kappa shape index (κ2) is 8.09. The molecule has 0 saturated carbocycles. The van der Waals surface area contributed by atoms with Gasteiger partial charge in [0.2, 0.25) is 11.8 Å². The van der Waals surface area contributed by atoms with E-state index < -0.39 is 5.91 Å². The molecule has 0 aliphatic rings. The lowest BCUT2D eigenvalue weighted by atomic mass is 10.1. The van der Waals surface area contributed by atoms with Crippen molar-refractivity contribution >= 4 is 58.0 Å². The van der Waals surface area contributed by atoms with Gasteiger partial charge < -0.3 is 10.2 Å². The minimum Gasteiger partial charge on any atom is -0.323 e. The van der Waals surface area contributed by atoms with Gasteiger partial charge in [-0.3, -0.25) is 9.59 Å². The molecule has 25 heavy (non-hydrogen) atoms. The highest BCUT2D eigenvalue weighted by Gasteiger charge is 2.21. The van der Waals surface area contributed by atoms with Gasteiger partial charge in [-0.05, 0) is 49.2 Å². The lowest BCUT2D eigenvalue weighted by Crippen LogP contribution is -2.37. The second-order valence-electron chi connectivity index (χ2n) is 5.69. The standard InChI is InChI=1S/C18H17Cl3N2O2/c1-10-6-11(2)18(15(21)7-10)23(12(3)24)9-17(25)22-16-8-13(19)4-5-14(16)20/h4-8H,9H2,1-3H3,(H,22,25). The number of amides is 2. The molecular formula is C18H17Cl3N2O2. The van der Waals surface area contributed by atoms with Crippen LogP contribution in [0.5, 0.6) is 0 Å². The van der Waals surface area contributed by atoms with E-state index in [0.29, 0.717) is 26.4 Å². The highest BCUT2D eigenvalue weighted by atomic mass is 35.5. The summed E-state index contributed by atoms with van der Waals surface area (Å²) in [6, 6.07) is 8.42. The molecule has 0 radical (unpaired) electrons. The number of anilines is 2. The first kappa shape index (κ1) is 19.6. The Kier molecular flexibility index (Phi) is 6.33. The van der Waals surface area contributed by atoms with Crippen molar-refractivity contribution in [1.29, 1.82) is 0 Å². The summed E-state index contributed by atoms with van der Waals surface area (Å²) in [5, 5.41) is 3.88. The van der Waals surface area contributed by atoms with Gasteiger partial charge in [0.1, 0.15) is 6.54 Å². The van der Waals surface area contributed by atoms with Gasteiger partial charge in [0.15, 0.2) is 0 Å². The van der Waals surface area contributed by atoms with Gasteiger partial charge in [0, 0.05) is 11.9 Å². The van der Waals surface area contributed by atoms with Crippen LogP contribution in [0.1, 0.15) is 18.1 Å². The van der Waals surface area contributed by atoms with E-state index in [4.69, 9.17) is 34.8 Å². The molecule has 0 heterocycles. The van der Waals surface area contributed by atoms with E-state index in [1.54, 1.807) is 24.3 Å². The van der Waals surface area contributed by atoms with E-state index in [-0.39, 0.29) is 12.5 Å². The van der Waals surface area contributed by atoms with Crippen molar-refractivity contribution in [3.8, 4) is 0 Å². The van der Waals surface area contributed by atoms with Crippen LogP contribution in [0, 0.1) is 13.8 Å². The van der Waals surface area contributed by atoms with Crippen molar-refractivity contribution in [2.45, 2.75) is 20.8 Å². The number of carbonyl (C=O) groups is 2. The number of rotatable bonds is 4. The smallest absolute Gasteiger partial charge is 0.244 e. The molecule has 0 unspecified atom stereocenters. The maximum atomic E-state index is 12.4. The molecule has 2 amide bonds. The summed E-state index contributed by atoms with van der Waals surface area (Å²) >= 11 is 18.3. The molecule has 1 N–H and O–H groups in total. The molecule has 132 valence electrons. The number of carbonyl (C=O) groups excluding carboxylic acids is 2. The van der Waals surface area contributed by atoms with Gasteiger partial charge in [0.05, 0.1) is 21.4 Å². The Morgan fingerprint density at radius 2 is 1.72 bits per heavy atom. The molecule has 0 aliphatic carbocycles. The van der Waals surface area contributed by atoms with Crippen LogP contribution >= 0.6 is 34.8 Å². The Balaban J connectivity index is 2.27. The van der Waals surface area contributed by atoms with E-state index in [9.17, 15) is 9.59 Å². The first-order valence-electron chi connectivity index (χ1n) is 7.48. The number of aryl methyl sites for hydroxylation is 2. The van der Waals surface area contributed by atoms with Crippen molar-refractivity contribution in [3.63, 3.8) is 0 Å². The van der Waals surface area contributed by atoms with Crippen LogP contribution in [0.15, 0.2) is 30.3 Å². The van der Waals surface area contributed by atoms with E-state index >= 15 is 0 Å². The number of hydrogen-bond acceptors (Lipinski definition) is 2. The second-order valence-corrected chi connectivity index (χ2v) is 6.94. The molecule has 0 saturated heterocycles. The number of hydrogen-bond donors (Lipinski definition) is 1. The summed E-state index contributed by atoms with van der Waals surface area (Å²) in [5.41, 5.74) is 2.69. The zero-order chi connectivity index (χ0) is 18.7. The largest absolute Gasteiger partial charge is 0.323 e. The molecule has 7 heteroatoms. The molecule has 2 aromatic rings. The number of benzene rings is 2. The zero-order valence-corrected chi connectivity index (χ0v) is 16.3. The van der Waals surface area contributed by atoms with Crippen molar-refractivity contribution in [1.82, 2.24) is 0 Å². The lowest BCUT2D eigenvalue weighted by Gasteiger charge is -2.24. The van der Waals surface area contributed by atoms with Crippen LogP contribution < -0.4 is 10.2 Å². The van der Waals surface area contributed by atoms with Gasteiger partial charge in [-0.1, -0.05) is 40.9 Å². The Morgan fingerprint density at radius 3 is 2.32 bits per heavy atom. The van der Waals surface area contributed by atoms with E-state index in [1.807, 2.05) is 19.9 Å². The first-order chi connectivity index (χ1) is 11.7. The molecule has 0 aliphatic heterocycles. The fraction of sp³-hybridized carbons (Fsp3) is 0.222. The molecule has 4 nitrogen and oxygen atoms in total. The number of nitrogens with zero attached hydrogens (tertiary/aromatic N) is 1. The van der Waals surface area contributed by atoms with Crippen LogP contribution in [0.2, 0.25) is 15.1 Å². The average Bonchev–Trinajstić information content (AvgIpc) is 2.48. The molecular weight excluding hydrogens is 383 g/mol. The topological polar surface area (TPSA) is 49.4 Å². The Morgan fingerprint density at radius 1 is 1.04 bits per heavy atom. The third kappa shape index (κ3) is 4.88. The van der Waals surface area contributed by atoms with Gasteiger partial charge >= 0.3 is 0 Å². The van der Waals surface area contributed by atoms with Crippen molar-refractivity contribution in [2.24, 2.45) is 0 Å². The van der Waals surface area contributed by atoms with Crippen LogP contribution in [0.25, 0.3) is 0 Å². The van der Waals surface area contributed by atoms with Gasteiger partial charge in [0.25, 0.3) is 0 Å². The average molecular weight is 400 g/mol. The molecule has 2 aromatic carbocycles. The van der Waals surface area contributed by atoms with Crippen molar-refractivity contribution in [2.75, 3.05) is 16.8 Å². The lowest BCUT2D eigenvalue weighted by molar-refractivity contribution is -0.120. The predicted molar refractivity (Wildman–Crippen MR) is 104 cm³/mol. The molecule has 0 atom stereocenters. The Hall–Kier alpha value is -1.75. The summed E-state index contributed by atoms with van der Waals surface area (Å²) in [4.78, 5) is 25.8. The van der Waals surface area contributed by atoms with Crippen LogP contribution in [0.3, 0.4) is 0 Å². The number of halogens is 3. The van der Waals surface area contributed by atoms with Gasteiger partial charge in [-0.15, -0.1) is 0 Å². The predicted octanol–water partition coefficient (Wildman–Crippen LogP) is 5.26. The molecule has 0 aromatic heterocycles. The van der Waals surface area contributed by atoms with Crippen molar-refractivity contribution in [3.05, 3.63) is 56.5 Å². The Bertz CT molecular complexity index is 814. The fourth-order valence-electron chi connectivity index (χ4n) is 2.52. The van der Waals surface area contributed by atoms with Crippen LogP contribution in [0.4, 0.5) is 11.4 Å². The van der Waals surface area contributed by atoms with E-state index in [1.165, 1.54) is 11.8 Å². The monoisotopic (exact) mass is 398 g/mol.